The standard InChI is InChI=1S/C18H20N6O8/c25-15(21-19-11-13-7-9-17(31-13)23(27)28)5-3-1-2-4-6-16(26)22-20-12-14-8-10-18(32-14)24(29)30/h7-12H,1-6H2,(H,21,25)(H,22,26)/b19-11-,20-12-. The van der Waals surface area contributed by atoms with E-state index in [2.05, 4.69) is 21.1 Å². The molecule has 14 heteroatoms. The molecule has 0 aliphatic heterocycles. The first-order valence-corrected chi connectivity index (χ1v) is 9.47. The van der Waals surface area contributed by atoms with Gasteiger partial charge >= 0.3 is 11.8 Å². The molecule has 0 atom stereocenters. The van der Waals surface area contributed by atoms with Crippen molar-refractivity contribution in [2.24, 2.45) is 10.2 Å². The molecule has 2 aromatic heterocycles. The first kappa shape index (κ1) is 23.9. The number of nitro groups is 2. The van der Waals surface area contributed by atoms with E-state index in [1.807, 2.05) is 0 Å². The molecule has 2 heterocycles. The highest BCUT2D eigenvalue weighted by Gasteiger charge is 2.11. The van der Waals surface area contributed by atoms with Gasteiger partial charge in [-0.25, -0.2) is 10.9 Å². The van der Waals surface area contributed by atoms with Gasteiger partial charge < -0.3 is 8.83 Å². The van der Waals surface area contributed by atoms with Gasteiger partial charge in [-0.15, -0.1) is 0 Å². The molecule has 0 aliphatic carbocycles. The number of carbonyl (C=O) groups is 2. The van der Waals surface area contributed by atoms with Crippen molar-refractivity contribution in [3.05, 3.63) is 56.0 Å². The van der Waals surface area contributed by atoms with Gasteiger partial charge in [0.2, 0.25) is 11.8 Å². The number of amides is 2. The Kier molecular flexibility index (Phi) is 9.24. The smallest absolute Gasteiger partial charge is 0.400 e. The van der Waals surface area contributed by atoms with E-state index in [0.29, 0.717) is 12.8 Å². The average molecular weight is 448 g/mol. The van der Waals surface area contributed by atoms with E-state index in [1.54, 1.807) is 0 Å². The zero-order chi connectivity index (χ0) is 23.3. The van der Waals surface area contributed by atoms with Crippen LogP contribution in [0.15, 0.2) is 43.3 Å². The van der Waals surface area contributed by atoms with E-state index in [1.165, 1.54) is 36.7 Å². The van der Waals surface area contributed by atoms with Crippen molar-refractivity contribution in [2.45, 2.75) is 38.5 Å². The van der Waals surface area contributed by atoms with Crippen LogP contribution in [0, 0.1) is 20.2 Å². The van der Waals surface area contributed by atoms with Crippen LogP contribution in [0.3, 0.4) is 0 Å². The fourth-order valence-corrected chi connectivity index (χ4v) is 2.39. The number of hydrazone groups is 2. The molecule has 2 aromatic rings. The minimum absolute atomic E-state index is 0.144. The van der Waals surface area contributed by atoms with E-state index in [0.717, 1.165) is 12.8 Å². The summed E-state index contributed by atoms with van der Waals surface area (Å²) in [6, 6.07) is 5.09. The van der Waals surface area contributed by atoms with Gasteiger partial charge in [-0.05, 0) is 25.0 Å². The van der Waals surface area contributed by atoms with Gasteiger partial charge in [0.25, 0.3) is 0 Å². The van der Waals surface area contributed by atoms with Crippen LogP contribution in [-0.2, 0) is 9.59 Å². The Hall–Kier alpha value is -4.36. The molecule has 170 valence electrons. The summed E-state index contributed by atoms with van der Waals surface area (Å²) in [5.41, 5.74) is 4.60. The Labute approximate surface area is 180 Å². The summed E-state index contributed by atoms with van der Waals surface area (Å²) in [6.07, 6.45) is 5.47. The first-order valence-electron chi connectivity index (χ1n) is 9.47. The minimum atomic E-state index is -0.677. The molecular formula is C18H20N6O8. The highest BCUT2D eigenvalue weighted by atomic mass is 16.7. The van der Waals surface area contributed by atoms with Gasteiger partial charge in [0.1, 0.15) is 9.85 Å². The van der Waals surface area contributed by atoms with Crippen molar-refractivity contribution in [1.82, 2.24) is 10.9 Å². The van der Waals surface area contributed by atoms with Crippen LogP contribution in [0.1, 0.15) is 50.0 Å². The van der Waals surface area contributed by atoms with Crippen LogP contribution in [0.2, 0.25) is 0 Å². The fourth-order valence-electron chi connectivity index (χ4n) is 2.39. The van der Waals surface area contributed by atoms with Crippen LogP contribution < -0.4 is 10.9 Å². The average Bonchev–Trinajstić information content (AvgIpc) is 3.40. The Bertz CT molecular complexity index is 929. The van der Waals surface area contributed by atoms with Crippen molar-refractivity contribution < 1.29 is 28.3 Å². The highest BCUT2D eigenvalue weighted by molar-refractivity contribution is 5.81. The number of hydrogen-bond acceptors (Lipinski definition) is 10. The normalized spacial score (nSPS) is 11.1. The molecular weight excluding hydrogens is 428 g/mol. The maximum Gasteiger partial charge on any atom is 0.433 e. The summed E-state index contributed by atoms with van der Waals surface area (Å²) in [5, 5.41) is 28.3. The Morgan fingerprint density at radius 2 is 1.19 bits per heavy atom. The highest BCUT2D eigenvalue weighted by Crippen LogP contribution is 2.14. The third-order valence-corrected chi connectivity index (χ3v) is 3.90. The number of unbranched alkanes of at least 4 members (excludes halogenated alkanes) is 3. The summed E-state index contributed by atoms with van der Waals surface area (Å²) in [6.45, 7) is 0. The van der Waals surface area contributed by atoms with E-state index in [9.17, 15) is 29.8 Å². The minimum Gasteiger partial charge on any atom is -0.400 e. The van der Waals surface area contributed by atoms with E-state index < -0.39 is 21.6 Å². The summed E-state index contributed by atoms with van der Waals surface area (Å²) in [4.78, 5) is 43.0. The van der Waals surface area contributed by atoms with Gasteiger partial charge in [0.05, 0.1) is 24.6 Å². The third-order valence-electron chi connectivity index (χ3n) is 3.90. The molecule has 0 saturated heterocycles. The van der Waals surface area contributed by atoms with Crippen LogP contribution in [0.5, 0.6) is 0 Å². The lowest BCUT2D eigenvalue weighted by molar-refractivity contribution is -0.402. The first-order chi connectivity index (χ1) is 15.3. The van der Waals surface area contributed by atoms with Gasteiger partial charge in [0, 0.05) is 12.8 Å². The van der Waals surface area contributed by atoms with Crippen molar-refractivity contribution in [3.8, 4) is 0 Å². The maximum atomic E-state index is 11.7. The number of furan rings is 2. The summed E-state index contributed by atoms with van der Waals surface area (Å²) in [7, 11) is 0. The van der Waals surface area contributed by atoms with Gasteiger partial charge in [-0.3, -0.25) is 29.8 Å². The number of rotatable bonds is 13. The topological polar surface area (TPSA) is 195 Å². The Morgan fingerprint density at radius 1 is 0.781 bits per heavy atom. The third kappa shape index (κ3) is 8.56. The predicted molar refractivity (Wildman–Crippen MR) is 110 cm³/mol. The Balaban J connectivity index is 1.51. The van der Waals surface area contributed by atoms with Crippen molar-refractivity contribution >= 4 is 36.0 Å². The molecule has 2 amide bonds. The lowest BCUT2D eigenvalue weighted by Crippen LogP contribution is -2.17. The molecule has 0 spiro atoms. The number of nitrogens with one attached hydrogen (secondary N) is 2. The molecule has 0 fully saturated rings. The molecule has 0 bridgehead atoms. The number of carbonyl (C=O) groups excluding carboxylic acids is 2. The van der Waals surface area contributed by atoms with Crippen LogP contribution >= 0.6 is 0 Å². The SMILES string of the molecule is O=C(CCCCCCC(=O)N/N=C\c1ccc([N+](=O)[O-])o1)N/N=C\c1ccc([N+](=O)[O-])o1. The number of nitrogens with zero attached hydrogens (tertiary/aromatic N) is 4. The molecule has 32 heavy (non-hydrogen) atoms. The second-order valence-electron chi connectivity index (χ2n) is 6.37. The summed E-state index contributed by atoms with van der Waals surface area (Å²) < 4.78 is 9.72. The zero-order valence-electron chi connectivity index (χ0n) is 16.8. The molecule has 0 unspecified atom stereocenters. The van der Waals surface area contributed by atoms with Gasteiger partial charge in [0.15, 0.2) is 11.5 Å². The molecule has 2 rings (SSSR count). The van der Waals surface area contributed by atoms with Crippen LogP contribution in [0.25, 0.3) is 0 Å². The molecule has 0 aromatic carbocycles. The van der Waals surface area contributed by atoms with E-state index in [4.69, 9.17) is 8.83 Å². The largest absolute Gasteiger partial charge is 0.433 e. The van der Waals surface area contributed by atoms with Crippen molar-refractivity contribution in [1.29, 1.82) is 0 Å². The summed E-state index contributed by atoms with van der Waals surface area (Å²) >= 11 is 0. The number of hydrogen-bond donors (Lipinski definition) is 2. The molecule has 14 nitrogen and oxygen atoms in total. The molecule has 0 saturated carbocycles. The molecule has 0 aliphatic rings. The second kappa shape index (κ2) is 12.4. The van der Waals surface area contributed by atoms with Gasteiger partial charge in [-0.1, -0.05) is 12.8 Å². The molecule has 0 radical (unpaired) electrons. The predicted octanol–water partition coefficient (Wildman–Crippen LogP) is 2.63. The lowest BCUT2D eigenvalue weighted by atomic mass is 10.1. The maximum absolute atomic E-state index is 11.7. The molecule has 2 N–H and O–H groups in total. The quantitative estimate of drug-likeness (QED) is 0.202. The summed E-state index contributed by atoms with van der Waals surface area (Å²) in [5.74, 6) is -1.17. The van der Waals surface area contributed by atoms with Crippen molar-refractivity contribution in [2.75, 3.05) is 0 Å². The van der Waals surface area contributed by atoms with Crippen LogP contribution in [0.4, 0.5) is 11.8 Å². The van der Waals surface area contributed by atoms with E-state index in [-0.39, 0.29) is 36.2 Å². The second-order valence-corrected chi connectivity index (χ2v) is 6.37. The monoisotopic (exact) mass is 448 g/mol. The van der Waals surface area contributed by atoms with Gasteiger partial charge in [-0.2, -0.15) is 10.2 Å². The van der Waals surface area contributed by atoms with Crippen molar-refractivity contribution in [3.63, 3.8) is 0 Å². The van der Waals surface area contributed by atoms with E-state index >= 15 is 0 Å². The fraction of sp³-hybridized carbons (Fsp3) is 0.333. The van der Waals surface area contributed by atoms with Crippen LogP contribution in [-0.4, -0.2) is 34.1 Å². The Morgan fingerprint density at radius 3 is 1.53 bits per heavy atom. The lowest BCUT2D eigenvalue weighted by Gasteiger charge is -2.01. The zero-order valence-corrected chi connectivity index (χ0v) is 16.8.